The SMILES string of the molecule is COC1CCN(C(=O)CC(C)(C)C)c2ccccc21. The van der Waals surface area contributed by atoms with Crippen LogP contribution in [0.3, 0.4) is 0 Å². The van der Waals surface area contributed by atoms with Gasteiger partial charge in [-0.25, -0.2) is 0 Å². The van der Waals surface area contributed by atoms with Crippen molar-refractivity contribution in [2.24, 2.45) is 5.41 Å². The van der Waals surface area contributed by atoms with E-state index in [0.717, 1.165) is 24.2 Å². The van der Waals surface area contributed by atoms with Gasteiger partial charge in [0.05, 0.1) is 6.10 Å². The topological polar surface area (TPSA) is 29.5 Å². The molecule has 0 N–H and O–H groups in total. The van der Waals surface area contributed by atoms with E-state index in [1.807, 2.05) is 23.1 Å². The molecular formula is C16H23NO2. The third kappa shape index (κ3) is 3.16. The lowest BCUT2D eigenvalue weighted by Crippen LogP contribution is -2.38. The van der Waals surface area contributed by atoms with Crippen LogP contribution in [0.15, 0.2) is 24.3 Å². The number of ether oxygens (including phenoxy) is 1. The lowest BCUT2D eigenvalue weighted by atomic mass is 9.90. The minimum Gasteiger partial charge on any atom is -0.377 e. The standard InChI is InChI=1S/C16H23NO2/c1-16(2,3)11-15(18)17-10-9-14(19-4)12-7-5-6-8-13(12)17/h5-8,14H,9-11H2,1-4H3. The smallest absolute Gasteiger partial charge is 0.227 e. The fourth-order valence-corrected chi connectivity index (χ4v) is 2.58. The molecule has 104 valence electrons. The number of hydrogen-bond donors (Lipinski definition) is 0. The van der Waals surface area contributed by atoms with E-state index in [1.54, 1.807) is 7.11 Å². The van der Waals surface area contributed by atoms with Gasteiger partial charge in [0.25, 0.3) is 0 Å². The maximum atomic E-state index is 12.5. The molecule has 1 aliphatic heterocycles. The Morgan fingerprint density at radius 3 is 2.68 bits per heavy atom. The number of anilines is 1. The minimum absolute atomic E-state index is 0.0180. The molecule has 1 aromatic carbocycles. The van der Waals surface area contributed by atoms with Crippen molar-refractivity contribution >= 4 is 11.6 Å². The normalized spacial score (nSPS) is 19.2. The number of carbonyl (C=O) groups is 1. The van der Waals surface area contributed by atoms with Crippen molar-refractivity contribution in [2.45, 2.75) is 39.7 Å². The second-order valence-electron chi connectivity index (χ2n) is 6.35. The van der Waals surface area contributed by atoms with E-state index in [4.69, 9.17) is 4.74 Å². The first-order chi connectivity index (χ1) is 8.92. The molecule has 1 aromatic rings. The maximum absolute atomic E-state index is 12.5. The van der Waals surface area contributed by atoms with Gasteiger partial charge in [-0.3, -0.25) is 4.79 Å². The molecule has 0 aliphatic carbocycles. The van der Waals surface area contributed by atoms with E-state index in [9.17, 15) is 4.79 Å². The Hall–Kier alpha value is -1.35. The molecule has 0 fully saturated rings. The Kier molecular flexibility index (Phi) is 3.95. The highest BCUT2D eigenvalue weighted by molar-refractivity contribution is 5.95. The van der Waals surface area contributed by atoms with Gasteiger partial charge in [-0.15, -0.1) is 0 Å². The molecule has 0 spiro atoms. The van der Waals surface area contributed by atoms with E-state index in [0.29, 0.717) is 6.42 Å². The summed E-state index contributed by atoms with van der Waals surface area (Å²) in [6.07, 6.45) is 1.54. The van der Waals surface area contributed by atoms with Crippen LogP contribution in [0, 0.1) is 5.41 Å². The molecule has 0 saturated heterocycles. The van der Waals surface area contributed by atoms with Crippen molar-refractivity contribution in [3.8, 4) is 0 Å². The van der Waals surface area contributed by atoms with Crippen LogP contribution >= 0.6 is 0 Å². The molecule has 0 saturated carbocycles. The Balaban J connectivity index is 2.27. The number of hydrogen-bond acceptors (Lipinski definition) is 2. The van der Waals surface area contributed by atoms with E-state index < -0.39 is 0 Å². The fraction of sp³-hybridized carbons (Fsp3) is 0.562. The second-order valence-corrected chi connectivity index (χ2v) is 6.35. The summed E-state index contributed by atoms with van der Waals surface area (Å²) in [5.41, 5.74) is 2.15. The minimum atomic E-state index is 0.0180. The Morgan fingerprint density at radius 1 is 1.37 bits per heavy atom. The summed E-state index contributed by atoms with van der Waals surface area (Å²) in [6.45, 7) is 7.03. The van der Waals surface area contributed by atoms with Gasteiger partial charge >= 0.3 is 0 Å². The monoisotopic (exact) mass is 261 g/mol. The van der Waals surface area contributed by atoms with Gasteiger partial charge in [0.1, 0.15) is 0 Å². The van der Waals surface area contributed by atoms with Crippen LogP contribution in [0.1, 0.15) is 45.3 Å². The Morgan fingerprint density at radius 2 is 2.05 bits per heavy atom. The summed E-state index contributed by atoms with van der Waals surface area (Å²) in [5.74, 6) is 0.203. The van der Waals surface area contributed by atoms with Gasteiger partial charge in [-0.2, -0.15) is 0 Å². The van der Waals surface area contributed by atoms with Crippen molar-refractivity contribution in [1.82, 2.24) is 0 Å². The van der Waals surface area contributed by atoms with Crippen molar-refractivity contribution in [3.63, 3.8) is 0 Å². The zero-order chi connectivity index (χ0) is 14.0. The number of methoxy groups -OCH3 is 1. The summed E-state index contributed by atoms with van der Waals surface area (Å²) in [7, 11) is 1.73. The number of benzene rings is 1. The molecule has 1 atom stereocenters. The average Bonchev–Trinajstić information content (AvgIpc) is 2.35. The third-order valence-corrected chi connectivity index (χ3v) is 3.46. The lowest BCUT2D eigenvalue weighted by Gasteiger charge is -2.35. The van der Waals surface area contributed by atoms with Gasteiger partial charge in [0.15, 0.2) is 0 Å². The van der Waals surface area contributed by atoms with Crippen LogP contribution in [0.4, 0.5) is 5.69 Å². The number of nitrogens with zero attached hydrogens (tertiary/aromatic N) is 1. The highest BCUT2D eigenvalue weighted by atomic mass is 16.5. The summed E-state index contributed by atoms with van der Waals surface area (Å²) >= 11 is 0. The maximum Gasteiger partial charge on any atom is 0.227 e. The summed E-state index contributed by atoms with van der Waals surface area (Å²) < 4.78 is 5.51. The van der Waals surface area contributed by atoms with Gasteiger partial charge in [0, 0.05) is 31.3 Å². The first-order valence-electron chi connectivity index (χ1n) is 6.84. The fourth-order valence-electron chi connectivity index (χ4n) is 2.58. The van der Waals surface area contributed by atoms with Crippen LogP contribution in [0.25, 0.3) is 0 Å². The number of amides is 1. The highest BCUT2D eigenvalue weighted by Crippen LogP contribution is 2.36. The molecule has 0 radical (unpaired) electrons. The Labute approximate surface area is 115 Å². The molecule has 19 heavy (non-hydrogen) atoms. The van der Waals surface area contributed by atoms with Gasteiger partial charge in [-0.05, 0) is 17.9 Å². The van der Waals surface area contributed by atoms with Crippen molar-refractivity contribution in [2.75, 3.05) is 18.6 Å². The van der Waals surface area contributed by atoms with Crippen LogP contribution in [-0.4, -0.2) is 19.6 Å². The number of carbonyl (C=O) groups excluding carboxylic acids is 1. The largest absolute Gasteiger partial charge is 0.377 e. The Bertz CT molecular complexity index is 462. The quantitative estimate of drug-likeness (QED) is 0.815. The van der Waals surface area contributed by atoms with Gasteiger partial charge in [-0.1, -0.05) is 39.0 Å². The molecule has 3 heteroatoms. The summed E-state index contributed by atoms with van der Waals surface area (Å²) in [6, 6.07) is 8.05. The molecule has 2 rings (SSSR count). The van der Waals surface area contributed by atoms with E-state index in [-0.39, 0.29) is 17.4 Å². The molecule has 0 aromatic heterocycles. The first kappa shape index (κ1) is 14.1. The van der Waals surface area contributed by atoms with Crippen LogP contribution in [0.2, 0.25) is 0 Å². The molecule has 3 nitrogen and oxygen atoms in total. The first-order valence-corrected chi connectivity index (χ1v) is 6.84. The molecule has 0 bridgehead atoms. The molecule has 1 amide bonds. The van der Waals surface area contributed by atoms with Crippen LogP contribution in [-0.2, 0) is 9.53 Å². The van der Waals surface area contributed by atoms with Gasteiger partial charge in [0.2, 0.25) is 5.91 Å². The highest BCUT2D eigenvalue weighted by Gasteiger charge is 2.30. The van der Waals surface area contributed by atoms with Crippen molar-refractivity contribution in [3.05, 3.63) is 29.8 Å². The number of fused-ring (bicyclic) bond motifs is 1. The van der Waals surface area contributed by atoms with Gasteiger partial charge < -0.3 is 9.64 Å². The van der Waals surface area contributed by atoms with E-state index in [1.165, 1.54) is 0 Å². The molecule has 1 unspecified atom stereocenters. The predicted octanol–water partition coefficient (Wildman–Crippen LogP) is 3.55. The average molecular weight is 261 g/mol. The number of para-hydroxylation sites is 1. The molecule has 1 heterocycles. The summed E-state index contributed by atoms with van der Waals surface area (Å²) in [5, 5.41) is 0. The lowest BCUT2D eigenvalue weighted by molar-refractivity contribution is -0.120. The second kappa shape index (κ2) is 5.33. The predicted molar refractivity (Wildman–Crippen MR) is 77.2 cm³/mol. The zero-order valence-electron chi connectivity index (χ0n) is 12.3. The number of rotatable bonds is 2. The molecular weight excluding hydrogens is 238 g/mol. The van der Waals surface area contributed by atoms with E-state index in [2.05, 4.69) is 26.8 Å². The van der Waals surface area contributed by atoms with E-state index >= 15 is 0 Å². The zero-order valence-corrected chi connectivity index (χ0v) is 12.3. The van der Waals surface area contributed by atoms with Crippen molar-refractivity contribution in [1.29, 1.82) is 0 Å². The van der Waals surface area contributed by atoms with Crippen LogP contribution in [0.5, 0.6) is 0 Å². The van der Waals surface area contributed by atoms with Crippen molar-refractivity contribution < 1.29 is 9.53 Å². The van der Waals surface area contributed by atoms with Crippen LogP contribution < -0.4 is 4.90 Å². The molecule has 1 aliphatic rings. The third-order valence-electron chi connectivity index (χ3n) is 3.46. The summed E-state index contributed by atoms with van der Waals surface area (Å²) in [4.78, 5) is 14.4.